The molecule has 1 aromatic heterocycles. The van der Waals surface area contributed by atoms with Crippen molar-refractivity contribution in [2.75, 3.05) is 37.3 Å². The third-order valence-electron chi connectivity index (χ3n) is 6.91. The van der Waals surface area contributed by atoms with Crippen molar-refractivity contribution >= 4 is 29.0 Å². The maximum atomic E-state index is 13.9. The summed E-state index contributed by atoms with van der Waals surface area (Å²) in [5.74, 6) is 1.37. The van der Waals surface area contributed by atoms with E-state index in [-0.39, 0.29) is 11.8 Å². The van der Waals surface area contributed by atoms with Crippen LogP contribution in [0.3, 0.4) is 0 Å². The zero-order chi connectivity index (χ0) is 29.1. The Morgan fingerprint density at radius 3 is 2.29 bits per heavy atom. The number of aromatic nitrogens is 2. The largest absolute Gasteiger partial charge is 0.497 e. The van der Waals surface area contributed by atoms with Crippen molar-refractivity contribution in [1.29, 1.82) is 0 Å². The van der Waals surface area contributed by atoms with E-state index in [0.29, 0.717) is 56.8 Å². The first kappa shape index (κ1) is 27.3. The number of carbonyl (C=O) groups is 2. The lowest BCUT2D eigenvalue weighted by Crippen LogP contribution is -2.32. The number of allylic oxidation sites excluding steroid dienone is 1. The summed E-state index contributed by atoms with van der Waals surface area (Å²) in [6, 6.07) is 19.3. The first-order chi connectivity index (χ1) is 19.8. The number of benzene rings is 3. The highest BCUT2D eigenvalue weighted by molar-refractivity contribution is 6.10. The van der Waals surface area contributed by atoms with Crippen molar-refractivity contribution in [2.45, 2.75) is 19.9 Å². The van der Waals surface area contributed by atoms with Crippen molar-refractivity contribution < 1.29 is 23.8 Å². The minimum Gasteiger partial charge on any atom is -0.497 e. The normalized spacial score (nSPS) is 14.0. The van der Waals surface area contributed by atoms with Gasteiger partial charge < -0.3 is 30.2 Å². The Hall–Kier alpha value is -5.25. The molecule has 0 bridgehead atoms. The number of para-hydroxylation sites is 2. The molecule has 0 aliphatic carbocycles. The van der Waals surface area contributed by atoms with Gasteiger partial charge in [0.25, 0.3) is 11.8 Å². The van der Waals surface area contributed by atoms with E-state index in [1.54, 1.807) is 57.2 Å². The molecule has 3 aromatic carbocycles. The summed E-state index contributed by atoms with van der Waals surface area (Å²) in [6.07, 6.45) is 1.49. The van der Waals surface area contributed by atoms with E-state index in [2.05, 4.69) is 21.0 Å². The van der Waals surface area contributed by atoms with E-state index in [1.807, 2.05) is 49.4 Å². The van der Waals surface area contributed by atoms with E-state index in [4.69, 9.17) is 14.2 Å². The topological polar surface area (TPSA) is 116 Å². The fourth-order valence-corrected chi connectivity index (χ4v) is 4.82. The number of fused-ring (bicyclic) bond motifs is 1. The molecule has 0 saturated heterocycles. The molecule has 0 fully saturated rings. The molecule has 1 aliphatic rings. The number of methoxy groups -OCH3 is 3. The number of nitrogens with zero attached hydrogens (tertiary/aromatic N) is 2. The minimum atomic E-state index is -0.734. The molecule has 10 nitrogen and oxygen atoms in total. The van der Waals surface area contributed by atoms with E-state index in [1.165, 1.54) is 6.20 Å². The van der Waals surface area contributed by atoms with Gasteiger partial charge in [-0.25, -0.2) is 4.68 Å². The summed E-state index contributed by atoms with van der Waals surface area (Å²) in [4.78, 5) is 27.3. The molecule has 0 saturated carbocycles. The predicted molar refractivity (Wildman–Crippen MR) is 157 cm³/mol. The lowest BCUT2D eigenvalue weighted by Gasteiger charge is -2.31. The molecule has 5 rings (SSSR count). The lowest BCUT2D eigenvalue weighted by atomic mass is 9.93. The number of carbonyl (C=O) groups excluding carboxylic acids is 2. The van der Waals surface area contributed by atoms with Gasteiger partial charge in [-0.2, -0.15) is 5.10 Å². The van der Waals surface area contributed by atoms with Crippen molar-refractivity contribution in [1.82, 2.24) is 9.78 Å². The first-order valence-electron chi connectivity index (χ1n) is 12.9. The van der Waals surface area contributed by atoms with Gasteiger partial charge in [0.15, 0.2) is 0 Å². The predicted octanol–water partition coefficient (Wildman–Crippen LogP) is 5.40. The Kier molecular flexibility index (Phi) is 7.64. The van der Waals surface area contributed by atoms with Crippen LogP contribution >= 0.6 is 0 Å². The molecule has 3 N–H and O–H groups in total. The molecular formula is C31H31N5O5. The highest BCUT2D eigenvalue weighted by Gasteiger charge is 2.37. The molecular weight excluding hydrogens is 522 g/mol. The number of rotatable bonds is 8. The average Bonchev–Trinajstić information content (AvgIpc) is 3.41. The van der Waals surface area contributed by atoms with Crippen molar-refractivity contribution in [2.24, 2.45) is 0 Å². The summed E-state index contributed by atoms with van der Waals surface area (Å²) in [5.41, 5.74) is 4.20. The molecule has 41 heavy (non-hydrogen) atoms. The third kappa shape index (κ3) is 5.31. The maximum absolute atomic E-state index is 13.9. The van der Waals surface area contributed by atoms with Crippen LogP contribution in [0.2, 0.25) is 0 Å². The summed E-state index contributed by atoms with van der Waals surface area (Å²) >= 11 is 0. The van der Waals surface area contributed by atoms with Crippen LogP contribution < -0.4 is 30.2 Å². The number of anilines is 3. The average molecular weight is 554 g/mol. The van der Waals surface area contributed by atoms with Crippen molar-refractivity contribution in [3.63, 3.8) is 0 Å². The molecule has 0 unspecified atom stereocenters. The van der Waals surface area contributed by atoms with Crippen molar-refractivity contribution in [3.05, 3.63) is 101 Å². The second kappa shape index (κ2) is 11.5. The van der Waals surface area contributed by atoms with E-state index in [0.717, 1.165) is 5.56 Å². The number of nitrogens with one attached hydrogen (secondary N) is 3. The highest BCUT2D eigenvalue weighted by atomic mass is 16.5. The third-order valence-corrected chi connectivity index (χ3v) is 6.91. The first-order valence-corrected chi connectivity index (χ1v) is 12.9. The molecule has 0 spiro atoms. The quantitative estimate of drug-likeness (QED) is 0.268. The second-order valence-corrected chi connectivity index (χ2v) is 9.50. The number of hydrogen-bond donors (Lipinski definition) is 3. The molecule has 10 heteroatoms. The fourth-order valence-electron chi connectivity index (χ4n) is 4.82. The molecule has 0 radical (unpaired) electrons. The maximum Gasteiger partial charge on any atom is 0.261 e. The Balaban J connectivity index is 1.59. The van der Waals surface area contributed by atoms with Gasteiger partial charge in [-0.15, -0.1) is 0 Å². The monoisotopic (exact) mass is 553 g/mol. The molecule has 2 heterocycles. The Morgan fingerprint density at radius 2 is 1.59 bits per heavy atom. The Labute approximate surface area is 237 Å². The number of hydrogen-bond acceptors (Lipinski definition) is 7. The van der Waals surface area contributed by atoms with Gasteiger partial charge in [-0.1, -0.05) is 29.8 Å². The number of aryl methyl sites for hydroxylation is 1. The van der Waals surface area contributed by atoms with Gasteiger partial charge in [-0.3, -0.25) is 9.59 Å². The number of amides is 2. The zero-order valence-corrected chi connectivity index (χ0v) is 23.4. The van der Waals surface area contributed by atoms with Crippen LogP contribution in [0.25, 0.3) is 0 Å². The van der Waals surface area contributed by atoms with Gasteiger partial charge in [0.1, 0.15) is 34.7 Å². The molecule has 4 aromatic rings. The molecule has 1 aliphatic heterocycles. The van der Waals surface area contributed by atoms with Gasteiger partial charge >= 0.3 is 0 Å². The van der Waals surface area contributed by atoms with Crippen LogP contribution in [0.1, 0.15) is 34.5 Å². The van der Waals surface area contributed by atoms with Crippen LogP contribution in [0.4, 0.5) is 17.2 Å². The smallest absolute Gasteiger partial charge is 0.261 e. The second-order valence-electron chi connectivity index (χ2n) is 9.50. The minimum absolute atomic E-state index is 0.326. The van der Waals surface area contributed by atoms with Gasteiger partial charge in [-0.05, 0) is 50.2 Å². The van der Waals surface area contributed by atoms with E-state index in [9.17, 15) is 9.59 Å². The standard InChI is InChI=1S/C31H31N5O5/c1-18-10-12-20(13-11-18)34-30(37)23-17-32-36-28(22-15-14-21(39-3)16-26(22)41-5)27(19(2)33-29(23)36)31(38)35-24-8-6-7-9-25(24)40-4/h6-17,28,33H,1-5H3,(H,34,37)(H,35,38)/t28-/m0/s1. The lowest BCUT2D eigenvalue weighted by molar-refractivity contribution is -0.113. The summed E-state index contributed by atoms with van der Waals surface area (Å²) in [6.45, 7) is 3.77. The summed E-state index contributed by atoms with van der Waals surface area (Å²) < 4.78 is 18.2. The van der Waals surface area contributed by atoms with Gasteiger partial charge in [0.2, 0.25) is 0 Å². The molecule has 2 amide bonds. The SMILES string of the molecule is COc1ccc([C@H]2C(C(=O)Nc3ccccc3OC)=C(C)Nc3c(C(=O)Nc4ccc(C)cc4)cnn32)c(OC)c1. The molecule has 1 atom stereocenters. The Morgan fingerprint density at radius 1 is 0.854 bits per heavy atom. The molecule has 210 valence electrons. The zero-order valence-electron chi connectivity index (χ0n) is 23.4. The van der Waals surface area contributed by atoms with Crippen LogP contribution in [0.15, 0.2) is 84.2 Å². The highest BCUT2D eigenvalue weighted by Crippen LogP contribution is 2.42. The van der Waals surface area contributed by atoms with Gasteiger partial charge in [0.05, 0.1) is 38.8 Å². The van der Waals surface area contributed by atoms with Crippen LogP contribution in [-0.2, 0) is 4.79 Å². The van der Waals surface area contributed by atoms with Gasteiger partial charge in [0, 0.05) is 23.0 Å². The van der Waals surface area contributed by atoms with Crippen molar-refractivity contribution in [3.8, 4) is 17.2 Å². The van der Waals surface area contributed by atoms with Crippen LogP contribution in [-0.4, -0.2) is 42.9 Å². The Bertz CT molecular complexity index is 1640. The fraction of sp³-hybridized carbons (Fsp3) is 0.194. The van der Waals surface area contributed by atoms with E-state index >= 15 is 0 Å². The summed E-state index contributed by atoms with van der Waals surface area (Å²) in [7, 11) is 4.66. The van der Waals surface area contributed by atoms with Crippen LogP contribution in [0.5, 0.6) is 17.2 Å². The number of ether oxygens (including phenoxy) is 3. The van der Waals surface area contributed by atoms with Crippen LogP contribution in [0, 0.1) is 6.92 Å². The van der Waals surface area contributed by atoms with E-state index < -0.39 is 6.04 Å². The summed E-state index contributed by atoms with van der Waals surface area (Å²) in [5, 5.41) is 13.7.